The minimum absolute atomic E-state index is 0.0104. The molecule has 4 heterocycles. The molecule has 2 aromatic rings. The Morgan fingerprint density at radius 3 is 2.97 bits per heavy atom. The molecule has 6 nitrogen and oxygen atoms in total. The number of fused-ring (bicyclic) bond motifs is 1. The maximum absolute atomic E-state index is 12.5. The summed E-state index contributed by atoms with van der Waals surface area (Å²) >= 11 is 0. The summed E-state index contributed by atoms with van der Waals surface area (Å²) in [7, 11) is 0. The first-order valence-corrected chi connectivity index (χ1v) is 10.8. The van der Waals surface area contributed by atoms with Crippen molar-refractivity contribution in [3.05, 3.63) is 53.1 Å². The highest BCUT2D eigenvalue weighted by Crippen LogP contribution is 2.54. The molecule has 2 N–H and O–H groups in total. The maximum Gasteiger partial charge on any atom is 0.271 e. The standard InChI is InChI=1S/C23H30N4O2/c1-3-16-6-4-5-7-17(16)11-27-12-19-18(20-8-9-23(19,13-27)29-20)10-24-22(28)21-15(2)25-14-26-21/h4-7,14,18-20H,3,8-13H2,1-2H3,(H,24,28)(H,25,26)/t18-,19+,20+,23+/m0/s1. The smallest absolute Gasteiger partial charge is 0.271 e. The summed E-state index contributed by atoms with van der Waals surface area (Å²) in [6.45, 7) is 7.82. The molecule has 154 valence electrons. The highest BCUT2D eigenvalue weighted by molar-refractivity contribution is 5.93. The van der Waals surface area contributed by atoms with Crippen LogP contribution in [0.25, 0.3) is 0 Å². The number of aromatic nitrogens is 2. The van der Waals surface area contributed by atoms with E-state index in [0.29, 0.717) is 24.1 Å². The molecule has 1 amide bonds. The molecule has 0 radical (unpaired) electrons. The number of carbonyl (C=O) groups is 1. The average Bonchev–Trinajstić information content (AvgIpc) is 3.47. The van der Waals surface area contributed by atoms with Gasteiger partial charge in [0.05, 0.1) is 18.0 Å². The summed E-state index contributed by atoms with van der Waals surface area (Å²) in [5, 5.41) is 3.12. The van der Waals surface area contributed by atoms with Crippen molar-refractivity contribution in [2.24, 2.45) is 11.8 Å². The van der Waals surface area contributed by atoms with Crippen LogP contribution in [0.5, 0.6) is 0 Å². The van der Waals surface area contributed by atoms with Gasteiger partial charge in [-0.1, -0.05) is 31.2 Å². The van der Waals surface area contributed by atoms with Crippen LogP contribution in [-0.2, 0) is 17.7 Å². The lowest BCUT2D eigenvalue weighted by molar-refractivity contribution is 0.00210. The second-order valence-electron chi connectivity index (χ2n) is 8.91. The number of nitrogens with one attached hydrogen (secondary N) is 2. The lowest BCUT2D eigenvalue weighted by atomic mass is 9.73. The monoisotopic (exact) mass is 394 g/mol. The molecule has 3 fully saturated rings. The molecule has 3 saturated heterocycles. The van der Waals surface area contributed by atoms with Crippen LogP contribution in [0.3, 0.4) is 0 Å². The topological polar surface area (TPSA) is 70.2 Å². The van der Waals surface area contributed by atoms with Crippen LogP contribution in [0, 0.1) is 18.8 Å². The van der Waals surface area contributed by atoms with Gasteiger partial charge in [0.1, 0.15) is 5.69 Å². The van der Waals surface area contributed by atoms with Crippen LogP contribution in [0.2, 0.25) is 0 Å². The molecule has 0 unspecified atom stereocenters. The zero-order valence-corrected chi connectivity index (χ0v) is 17.3. The van der Waals surface area contributed by atoms with Crippen LogP contribution < -0.4 is 5.32 Å². The maximum atomic E-state index is 12.5. The number of imidazole rings is 1. The molecular weight excluding hydrogens is 364 g/mol. The molecule has 3 aliphatic rings. The third-order valence-electron chi connectivity index (χ3n) is 7.29. The Morgan fingerprint density at radius 1 is 1.38 bits per heavy atom. The number of aromatic amines is 1. The van der Waals surface area contributed by atoms with Crippen molar-refractivity contribution < 1.29 is 9.53 Å². The number of nitrogens with zero attached hydrogens (tertiary/aromatic N) is 2. The molecule has 1 spiro atoms. The number of hydrogen-bond donors (Lipinski definition) is 2. The number of likely N-dealkylation sites (tertiary alicyclic amines) is 1. The molecule has 1 aromatic heterocycles. The van der Waals surface area contributed by atoms with Crippen molar-refractivity contribution in [3.63, 3.8) is 0 Å². The quantitative estimate of drug-likeness (QED) is 0.790. The van der Waals surface area contributed by atoms with Gasteiger partial charge in [-0.15, -0.1) is 0 Å². The molecule has 0 aliphatic carbocycles. The Kier molecular flexibility index (Phi) is 4.71. The Bertz CT molecular complexity index is 910. The summed E-state index contributed by atoms with van der Waals surface area (Å²) in [6.07, 6.45) is 5.18. The summed E-state index contributed by atoms with van der Waals surface area (Å²) in [4.78, 5) is 22.2. The first kappa shape index (κ1) is 18.8. The first-order valence-electron chi connectivity index (χ1n) is 10.8. The zero-order chi connectivity index (χ0) is 20.0. The number of carbonyl (C=O) groups excluding carboxylic acids is 1. The van der Waals surface area contributed by atoms with E-state index in [0.717, 1.165) is 44.6 Å². The molecule has 2 bridgehead atoms. The molecule has 5 rings (SSSR count). The minimum Gasteiger partial charge on any atom is -0.370 e. The summed E-state index contributed by atoms with van der Waals surface area (Å²) in [5.74, 6) is 0.793. The fourth-order valence-electron chi connectivity index (χ4n) is 5.86. The highest BCUT2D eigenvalue weighted by atomic mass is 16.5. The fraction of sp³-hybridized carbons (Fsp3) is 0.565. The van der Waals surface area contributed by atoms with Crippen molar-refractivity contribution in [3.8, 4) is 0 Å². The Morgan fingerprint density at radius 2 is 2.21 bits per heavy atom. The second kappa shape index (κ2) is 7.26. The summed E-state index contributed by atoms with van der Waals surface area (Å²) in [6, 6.07) is 8.76. The fourth-order valence-corrected chi connectivity index (χ4v) is 5.86. The van der Waals surface area contributed by atoms with Crippen molar-refractivity contribution >= 4 is 5.91 Å². The zero-order valence-electron chi connectivity index (χ0n) is 17.3. The molecular formula is C23H30N4O2. The third-order valence-corrected chi connectivity index (χ3v) is 7.29. The van der Waals surface area contributed by atoms with Crippen molar-refractivity contribution in [2.45, 2.75) is 51.4 Å². The van der Waals surface area contributed by atoms with E-state index in [1.807, 2.05) is 6.92 Å². The minimum atomic E-state index is -0.0905. The molecule has 1 aromatic carbocycles. The van der Waals surface area contributed by atoms with Gasteiger partial charge in [-0.2, -0.15) is 0 Å². The van der Waals surface area contributed by atoms with Gasteiger partial charge in [0, 0.05) is 43.7 Å². The van der Waals surface area contributed by atoms with Gasteiger partial charge in [0.15, 0.2) is 0 Å². The van der Waals surface area contributed by atoms with Crippen LogP contribution in [0.1, 0.15) is 47.1 Å². The first-order chi connectivity index (χ1) is 14.1. The lowest BCUT2D eigenvalue weighted by Crippen LogP contribution is -2.42. The van der Waals surface area contributed by atoms with Crippen LogP contribution >= 0.6 is 0 Å². The van der Waals surface area contributed by atoms with E-state index in [2.05, 4.69) is 51.4 Å². The molecule has 29 heavy (non-hydrogen) atoms. The van der Waals surface area contributed by atoms with Gasteiger partial charge in [-0.25, -0.2) is 4.98 Å². The van der Waals surface area contributed by atoms with Gasteiger partial charge in [0.25, 0.3) is 5.91 Å². The molecule has 0 saturated carbocycles. The molecule has 4 atom stereocenters. The van der Waals surface area contributed by atoms with Gasteiger partial charge in [0.2, 0.25) is 0 Å². The predicted octanol–water partition coefficient (Wildman–Crippen LogP) is 2.69. The number of amides is 1. The van der Waals surface area contributed by atoms with Gasteiger partial charge >= 0.3 is 0 Å². The third kappa shape index (κ3) is 3.19. The molecule has 6 heteroatoms. The average molecular weight is 395 g/mol. The van der Waals surface area contributed by atoms with Gasteiger partial charge in [-0.3, -0.25) is 9.69 Å². The van der Waals surface area contributed by atoms with Crippen molar-refractivity contribution in [2.75, 3.05) is 19.6 Å². The largest absolute Gasteiger partial charge is 0.370 e. The summed E-state index contributed by atoms with van der Waals surface area (Å²) in [5.41, 5.74) is 4.16. The van der Waals surface area contributed by atoms with E-state index < -0.39 is 0 Å². The Hall–Kier alpha value is -2.18. The highest BCUT2D eigenvalue weighted by Gasteiger charge is 2.62. The number of H-pyrrole nitrogens is 1. The predicted molar refractivity (Wildman–Crippen MR) is 111 cm³/mol. The summed E-state index contributed by atoms with van der Waals surface area (Å²) < 4.78 is 6.55. The van der Waals surface area contributed by atoms with E-state index in [9.17, 15) is 4.79 Å². The van der Waals surface area contributed by atoms with E-state index >= 15 is 0 Å². The molecule has 3 aliphatic heterocycles. The van der Waals surface area contributed by atoms with E-state index in [1.54, 1.807) is 6.33 Å². The normalized spacial score (nSPS) is 30.6. The van der Waals surface area contributed by atoms with Crippen LogP contribution in [0.4, 0.5) is 0 Å². The lowest BCUT2D eigenvalue weighted by Gasteiger charge is -2.29. The van der Waals surface area contributed by atoms with E-state index in [1.165, 1.54) is 11.1 Å². The Balaban J connectivity index is 1.26. The number of rotatable bonds is 6. The second-order valence-corrected chi connectivity index (χ2v) is 8.91. The van der Waals surface area contributed by atoms with Crippen LogP contribution in [0.15, 0.2) is 30.6 Å². The Labute approximate surface area is 172 Å². The number of benzene rings is 1. The van der Waals surface area contributed by atoms with Gasteiger partial charge in [-0.05, 0) is 37.3 Å². The van der Waals surface area contributed by atoms with Crippen molar-refractivity contribution in [1.29, 1.82) is 0 Å². The number of aryl methyl sites for hydroxylation is 2. The van der Waals surface area contributed by atoms with Gasteiger partial charge < -0.3 is 15.0 Å². The van der Waals surface area contributed by atoms with E-state index in [4.69, 9.17) is 4.74 Å². The van der Waals surface area contributed by atoms with Crippen LogP contribution in [-0.4, -0.2) is 52.1 Å². The van der Waals surface area contributed by atoms with E-state index in [-0.39, 0.29) is 17.6 Å². The number of hydrogen-bond acceptors (Lipinski definition) is 4. The SMILES string of the molecule is CCc1ccccc1CN1C[C@@H]2[C@H](CNC(=O)c3nc[nH]c3C)[C@H]3CC[C@]2(C1)O3. The van der Waals surface area contributed by atoms with Crippen molar-refractivity contribution in [1.82, 2.24) is 20.2 Å². The number of ether oxygens (including phenoxy) is 1.